The highest BCUT2D eigenvalue weighted by Crippen LogP contribution is 2.23. The minimum Gasteiger partial charge on any atom is -0.152 e. The zero-order valence-corrected chi connectivity index (χ0v) is 14.2. The molecule has 80 valence electrons. The molecule has 0 atom stereocenters. The number of halogens is 2. The SMILES string of the molecule is C[Si](C)(c1sccc1Br)c1sccc1Br. The van der Waals surface area contributed by atoms with Crippen LogP contribution in [0.5, 0.6) is 0 Å². The van der Waals surface area contributed by atoms with Gasteiger partial charge in [-0.1, -0.05) is 45.0 Å². The second-order valence-electron chi connectivity index (χ2n) is 3.82. The van der Waals surface area contributed by atoms with Gasteiger partial charge in [0.25, 0.3) is 0 Å². The van der Waals surface area contributed by atoms with E-state index in [9.17, 15) is 0 Å². The predicted octanol–water partition coefficient (Wildman–Crippen LogP) is 4.16. The first-order valence-corrected chi connectivity index (χ1v) is 10.8. The van der Waals surface area contributed by atoms with Crippen LogP contribution in [0.25, 0.3) is 0 Å². The molecule has 5 heteroatoms. The van der Waals surface area contributed by atoms with Gasteiger partial charge in [0.2, 0.25) is 0 Å². The molecule has 0 unspecified atom stereocenters. The fraction of sp³-hybridized carbons (Fsp3) is 0.200. The Bertz CT molecular complexity index is 431. The van der Waals surface area contributed by atoms with Crippen molar-refractivity contribution in [2.45, 2.75) is 13.1 Å². The standard InChI is InChI=1S/C10H10Br2S2Si/c1-15(2,9-7(11)3-5-13-9)10-8(12)4-6-14-10/h3-6H,1-2H3. The number of hydrogen-bond acceptors (Lipinski definition) is 2. The maximum Gasteiger partial charge on any atom is 0.140 e. The van der Waals surface area contributed by atoms with Crippen LogP contribution < -0.4 is 9.00 Å². The zero-order valence-electron chi connectivity index (χ0n) is 8.38. The minimum atomic E-state index is -1.50. The quantitative estimate of drug-likeness (QED) is 0.685. The summed E-state index contributed by atoms with van der Waals surface area (Å²) in [4.78, 5) is 0. The average Bonchev–Trinajstić information content (AvgIpc) is 2.73. The molecule has 15 heavy (non-hydrogen) atoms. The highest BCUT2D eigenvalue weighted by molar-refractivity contribution is 9.11. The van der Waals surface area contributed by atoms with Gasteiger partial charge < -0.3 is 0 Å². The summed E-state index contributed by atoms with van der Waals surface area (Å²) in [5, 5.41) is 4.32. The molecule has 0 saturated heterocycles. The second-order valence-corrected chi connectivity index (χ2v) is 12.3. The number of thiophene rings is 2. The highest BCUT2D eigenvalue weighted by atomic mass is 79.9. The van der Waals surface area contributed by atoms with Gasteiger partial charge >= 0.3 is 0 Å². The molecule has 0 amide bonds. The Hall–Kier alpha value is 0.577. The van der Waals surface area contributed by atoms with Gasteiger partial charge in [0.15, 0.2) is 0 Å². The Kier molecular flexibility index (Phi) is 3.57. The molecular weight excluding hydrogens is 372 g/mol. The van der Waals surface area contributed by atoms with E-state index in [1.165, 1.54) is 17.9 Å². The van der Waals surface area contributed by atoms with Crippen molar-refractivity contribution in [2.75, 3.05) is 0 Å². The Morgan fingerprint density at radius 1 is 0.933 bits per heavy atom. The summed E-state index contributed by atoms with van der Waals surface area (Å²) in [5.74, 6) is 0. The van der Waals surface area contributed by atoms with Crippen LogP contribution in [0, 0.1) is 0 Å². The molecule has 0 aliphatic heterocycles. The van der Waals surface area contributed by atoms with Crippen LogP contribution in [0.1, 0.15) is 0 Å². The van der Waals surface area contributed by atoms with Gasteiger partial charge in [-0.2, -0.15) is 22.7 Å². The topological polar surface area (TPSA) is 0 Å². The Morgan fingerprint density at radius 2 is 1.33 bits per heavy atom. The fourth-order valence-corrected chi connectivity index (χ4v) is 11.9. The Balaban J connectivity index is 2.53. The maximum atomic E-state index is 3.65. The lowest BCUT2D eigenvalue weighted by Crippen LogP contribution is -2.51. The summed E-state index contributed by atoms with van der Waals surface area (Å²) in [6, 6.07) is 4.30. The number of hydrogen-bond donors (Lipinski definition) is 0. The first-order chi connectivity index (χ1) is 7.03. The minimum absolute atomic E-state index is 1.27. The molecule has 2 rings (SSSR count). The molecule has 0 fully saturated rings. The number of rotatable bonds is 2. The van der Waals surface area contributed by atoms with Gasteiger partial charge in [0.05, 0.1) is 0 Å². The van der Waals surface area contributed by atoms with E-state index < -0.39 is 8.07 Å². The van der Waals surface area contributed by atoms with Crippen molar-refractivity contribution in [3.8, 4) is 0 Å². The van der Waals surface area contributed by atoms with Crippen LogP contribution >= 0.6 is 54.5 Å². The summed E-state index contributed by atoms with van der Waals surface area (Å²) in [6.07, 6.45) is 0. The Morgan fingerprint density at radius 3 is 1.60 bits per heavy atom. The maximum absolute atomic E-state index is 3.65. The summed E-state index contributed by atoms with van der Waals surface area (Å²) >= 11 is 11.0. The van der Waals surface area contributed by atoms with E-state index >= 15 is 0 Å². The normalized spacial score (nSPS) is 12.0. The van der Waals surface area contributed by atoms with Crippen molar-refractivity contribution in [1.29, 1.82) is 0 Å². The second kappa shape index (κ2) is 4.45. The summed E-state index contributed by atoms with van der Waals surface area (Å²) in [5.41, 5.74) is 0. The van der Waals surface area contributed by atoms with Crippen LogP contribution in [-0.4, -0.2) is 8.07 Å². The third kappa shape index (κ3) is 2.17. The highest BCUT2D eigenvalue weighted by Gasteiger charge is 2.32. The van der Waals surface area contributed by atoms with Gasteiger partial charge in [-0.05, 0) is 22.9 Å². The third-order valence-electron chi connectivity index (χ3n) is 2.37. The van der Waals surface area contributed by atoms with E-state index in [1.807, 2.05) is 22.7 Å². The van der Waals surface area contributed by atoms with E-state index in [4.69, 9.17) is 0 Å². The first kappa shape index (κ1) is 12.0. The molecule has 0 aliphatic rings. The van der Waals surface area contributed by atoms with Gasteiger partial charge in [0, 0.05) is 17.9 Å². The van der Waals surface area contributed by atoms with E-state index in [0.717, 1.165) is 0 Å². The van der Waals surface area contributed by atoms with Crippen molar-refractivity contribution in [3.05, 3.63) is 31.8 Å². The largest absolute Gasteiger partial charge is 0.152 e. The average molecular weight is 382 g/mol. The van der Waals surface area contributed by atoms with Gasteiger partial charge in [-0.3, -0.25) is 0 Å². The van der Waals surface area contributed by atoms with Crippen molar-refractivity contribution in [2.24, 2.45) is 0 Å². The molecular formula is C10H10Br2S2Si. The lowest BCUT2D eigenvalue weighted by molar-refractivity contribution is 1.80. The lowest BCUT2D eigenvalue weighted by Gasteiger charge is -2.20. The van der Waals surface area contributed by atoms with Crippen molar-refractivity contribution in [1.82, 2.24) is 0 Å². The van der Waals surface area contributed by atoms with Gasteiger partial charge in [0.1, 0.15) is 8.07 Å². The molecule has 0 N–H and O–H groups in total. The zero-order chi connectivity index (χ0) is 11.1. The first-order valence-electron chi connectivity index (χ1n) is 4.50. The molecule has 0 radical (unpaired) electrons. The predicted molar refractivity (Wildman–Crippen MR) is 80.8 cm³/mol. The van der Waals surface area contributed by atoms with E-state index in [-0.39, 0.29) is 0 Å². The molecule has 0 spiro atoms. The van der Waals surface area contributed by atoms with Crippen LogP contribution in [0.4, 0.5) is 0 Å². The van der Waals surface area contributed by atoms with E-state index in [0.29, 0.717) is 0 Å². The monoisotopic (exact) mass is 380 g/mol. The molecule has 2 aromatic heterocycles. The summed E-state index contributed by atoms with van der Waals surface area (Å²) in [7, 11) is -1.50. The smallest absolute Gasteiger partial charge is 0.140 e. The molecule has 0 nitrogen and oxygen atoms in total. The van der Waals surface area contributed by atoms with Crippen LogP contribution in [0.2, 0.25) is 13.1 Å². The van der Waals surface area contributed by atoms with E-state index in [2.05, 4.69) is 67.8 Å². The van der Waals surface area contributed by atoms with Crippen LogP contribution in [0.3, 0.4) is 0 Å². The third-order valence-corrected chi connectivity index (χ3v) is 13.0. The van der Waals surface area contributed by atoms with Crippen molar-refractivity contribution in [3.63, 3.8) is 0 Å². The van der Waals surface area contributed by atoms with E-state index in [1.54, 1.807) is 0 Å². The molecule has 0 saturated carbocycles. The van der Waals surface area contributed by atoms with Crippen molar-refractivity contribution >= 4 is 71.6 Å². The van der Waals surface area contributed by atoms with Gasteiger partial charge in [-0.15, -0.1) is 0 Å². The van der Waals surface area contributed by atoms with Crippen LogP contribution in [-0.2, 0) is 0 Å². The molecule has 0 aromatic carbocycles. The van der Waals surface area contributed by atoms with Crippen molar-refractivity contribution < 1.29 is 0 Å². The summed E-state index contributed by atoms with van der Waals surface area (Å²) < 4.78 is 5.57. The Labute approximate surface area is 116 Å². The molecule has 0 bridgehead atoms. The summed E-state index contributed by atoms with van der Waals surface area (Å²) in [6.45, 7) is 4.81. The van der Waals surface area contributed by atoms with Crippen LogP contribution in [0.15, 0.2) is 31.8 Å². The molecule has 2 heterocycles. The lowest BCUT2D eigenvalue weighted by atomic mass is 10.7. The molecule has 2 aromatic rings. The fourth-order valence-electron chi connectivity index (χ4n) is 1.58. The van der Waals surface area contributed by atoms with Gasteiger partial charge in [-0.25, -0.2) is 0 Å². The molecule has 0 aliphatic carbocycles.